The lowest BCUT2D eigenvalue weighted by atomic mass is 9.94. The second kappa shape index (κ2) is 5.97. The largest absolute Gasteiger partial charge is 0.474 e. The summed E-state index contributed by atoms with van der Waals surface area (Å²) in [6, 6.07) is 1.90. The average molecular weight is 265 g/mol. The topological polar surface area (TPSA) is 87.3 Å². The predicted octanol–water partition coefficient (Wildman–Crippen LogP) is 1.22. The molecule has 1 aliphatic rings. The summed E-state index contributed by atoms with van der Waals surface area (Å²) in [6.07, 6.45) is 3.93. The molecule has 0 amide bonds. The molecule has 0 radical (unpaired) electrons. The summed E-state index contributed by atoms with van der Waals surface area (Å²) >= 11 is 0. The van der Waals surface area contributed by atoms with E-state index in [1.54, 1.807) is 13.0 Å². The van der Waals surface area contributed by atoms with Crippen LogP contribution >= 0.6 is 0 Å². The van der Waals surface area contributed by atoms with Gasteiger partial charge in [0, 0.05) is 17.8 Å². The standard InChI is InChI=1S/C13H19N3O3/c1-8-6-11(16-12(15-8)13(17)18-2)19-10-5-3-4-9(14)7-10/h6,9-10H,3-5,7,14H2,1-2H3. The number of aryl methyl sites for hydroxylation is 1. The third kappa shape index (κ3) is 3.64. The molecule has 104 valence electrons. The van der Waals surface area contributed by atoms with Crippen molar-refractivity contribution in [2.75, 3.05) is 7.11 Å². The van der Waals surface area contributed by atoms with Crippen molar-refractivity contribution in [3.05, 3.63) is 17.6 Å². The summed E-state index contributed by atoms with van der Waals surface area (Å²) in [6.45, 7) is 1.79. The van der Waals surface area contributed by atoms with Crippen LogP contribution in [0.5, 0.6) is 5.88 Å². The summed E-state index contributed by atoms with van der Waals surface area (Å²) in [5, 5.41) is 0. The Balaban J connectivity index is 2.11. The molecule has 1 fully saturated rings. The summed E-state index contributed by atoms with van der Waals surface area (Å²) in [5.41, 5.74) is 6.59. The Hall–Kier alpha value is -1.69. The van der Waals surface area contributed by atoms with Crippen LogP contribution in [0.4, 0.5) is 0 Å². The van der Waals surface area contributed by atoms with E-state index in [1.165, 1.54) is 7.11 Å². The number of ether oxygens (including phenoxy) is 2. The van der Waals surface area contributed by atoms with Gasteiger partial charge in [0.2, 0.25) is 11.7 Å². The third-order valence-electron chi connectivity index (χ3n) is 3.15. The van der Waals surface area contributed by atoms with Gasteiger partial charge in [-0.2, -0.15) is 4.98 Å². The van der Waals surface area contributed by atoms with Gasteiger partial charge in [-0.3, -0.25) is 0 Å². The fourth-order valence-corrected chi connectivity index (χ4v) is 2.24. The number of methoxy groups -OCH3 is 1. The van der Waals surface area contributed by atoms with Crippen LogP contribution in [0.1, 0.15) is 42.0 Å². The minimum Gasteiger partial charge on any atom is -0.474 e. The number of esters is 1. The first-order valence-corrected chi connectivity index (χ1v) is 6.44. The average Bonchev–Trinajstić information content (AvgIpc) is 2.37. The third-order valence-corrected chi connectivity index (χ3v) is 3.15. The molecule has 6 nitrogen and oxygen atoms in total. The number of aromatic nitrogens is 2. The van der Waals surface area contributed by atoms with E-state index in [2.05, 4.69) is 14.7 Å². The first-order chi connectivity index (χ1) is 9.08. The molecule has 1 heterocycles. The molecule has 1 aromatic heterocycles. The maximum Gasteiger partial charge on any atom is 0.376 e. The molecule has 2 rings (SSSR count). The molecule has 1 aromatic rings. The molecular formula is C13H19N3O3. The number of carbonyl (C=O) groups is 1. The molecule has 1 aliphatic carbocycles. The van der Waals surface area contributed by atoms with E-state index in [0.717, 1.165) is 25.7 Å². The van der Waals surface area contributed by atoms with Crippen LogP contribution in [0.2, 0.25) is 0 Å². The molecule has 0 bridgehead atoms. The minimum atomic E-state index is -0.561. The van der Waals surface area contributed by atoms with Crippen molar-refractivity contribution >= 4 is 5.97 Å². The Bertz CT molecular complexity index is 464. The van der Waals surface area contributed by atoms with Gasteiger partial charge in [-0.1, -0.05) is 0 Å². The Labute approximate surface area is 112 Å². The number of nitrogens with zero attached hydrogens (tertiary/aromatic N) is 2. The van der Waals surface area contributed by atoms with Gasteiger partial charge < -0.3 is 15.2 Å². The fraction of sp³-hybridized carbons (Fsp3) is 0.615. The monoisotopic (exact) mass is 265 g/mol. The number of hydrogen-bond donors (Lipinski definition) is 1. The van der Waals surface area contributed by atoms with E-state index in [1.807, 2.05) is 0 Å². The summed E-state index contributed by atoms with van der Waals surface area (Å²) < 4.78 is 10.4. The van der Waals surface area contributed by atoms with Crippen LogP contribution in [0.3, 0.4) is 0 Å². The lowest BCUT2D eigenvalue weighted by molar-refractivity contribution is 0.0582. The number of rotatable bonds is 3. The quantitative estimate of drug-likeness (QED) is 0.827. The van der Waals surface area contributed by atoms with Crippen LogP contribution in [-0.4, -0.2) is 35.2 Å². The lowest BCUT2D eigenvalue weighted by Crippen LogP contribution is -2.34. The van der Waals surface area contributed by atoms with E-state index in [4.69, 9.17) is 10.5 Å². The van der Waals surface area contributed by atoms with Gasteiger partial charge in [0.25, 0.3) is 0 Å². The van der Waals surface area contributed by atoms with Crippen LogP contribution in [0.15, 0.2) is 6.07 Å². The molecule has 0 saturated heterocycles. The molecule has 2 atom stereocenters. The molecular weight excluding hydrogens is 246 g/mol. The SMILES string of the molecule is COC(=O)c1nc(C)cc(OC2CCCC(N)C2)n1. The highest BCUT2D eigenvalue weighted by atomic mass is 16.5. The van der Waals surface area contributed by atoms with Crippen molar-refractivity contribution in [3.63, 3.8) is 0 Å². The van der Waals surface area contributed by atoms with E-state index in [9.17, 15) is 4.79 Å². The van der Waals surface area contributed by atoms with E-state index in [-0.39, 0.29) is 18.0 Å². The first kappa shape index (κ1) is 13.7. The highest BCUT2D eigenvalue weighted by Crippen LogP contribution is 2.22. The predicted molar refractivity (Wildman–Crippen MR) is 69.0 cm³/mol. The molecule has 2 N–H and O–H groups in total. The molecule has 2 unspecified atom stereocenters. The summed E-state index contributed by atoms with van der Waals surface area (Å²) in [4.78, 5) is 19.5. The van der Waals surface area contributed by atoms with Gasteiger partial charge in [-0.25, -0.2) is 9.78 Å². The minimum absolute atomic E-state index is 0.0256. The molecule has 1 saturated carbocycles. The van der Waals surface area contributed by atoms with Gasteiger partial charge in [-0.15, -0.1) is 0 Å². The Kier molecular flexibility index (Phi) is 4.31. The number of carbonyl (C=O) groups excluding carboxylic acids is 1. The van der Waals surface area contributed by atoms with E-state index >= 15 is 0 Å². The number of nitrogens with two attached hydrogens (primary N) is 1. The zero-order valence-electron chi connectivity index (χ0n) is 11.3. The molecule has 0 aliphatic heterocycles. The summed E-state index contributed by atoms with van der Waals surface area (Å²) in [7, 11) is 1.30. The van der Waals surface area contributed by atoms with E-state index in [0.29, 0.717) is 11.6 Å². The van der Waals surface area contributed by atoms with Gasteiger partial charge in [0.05, 0.1) is 7.11 Å². The lowest BCUT2D eigenvalue weighted by Gasteiger charge is -2.26. The first-order valence-electron chi connectivity index (χ1n) is 6.44. The van der Waals surface area contributed by atoms with Gasteiger partial charge in [-0.05, 0) is 32.6 Å². The van der Waals surface area contributed by atoms with Crippen molar-refractivity contribution in [2.24, 2.45) is 5.73 Å². The Morgan fingerprint density at radius 3 is 2.89 bits per heavy atom. The second-order valence-corrected chi connectivity index (χ2v) is 4.83. The van der Waals surface area contributed by atoms with Crippen LogP contribution in [0, 0.1) is 6.92 Å². The van der Waals surface area contributed by atoms with Crippen LogP contribution in [-0.2, 0) is 4.74 Å². The smallest absolute Gasteiger partial charge is 0.376 e. The zero-order chi connectivity index (χ0) is 13.8. The Morgan fingerprint density at radius 1 is 1.42 bits per heavy atom. The van der Waals surface area contributed by atoms with Gasteiger partial charge >= 0.3 is 5.97 Å². The molecule has 19 heavy (non-hydrogen) atoms. The van der Waals surface area contributed by atoms with E-state index < -0.39 is 5.97 Å². The molecule has 0 spiro atoms. The van der Waals surface area contributed by atoms with Crippen molar-refractivity contribution in [2.45, 2.75) is 44.8 Å². The van der Waals surface area contributed by atoms with Crippen molar-refractivity contribution in [1.29, 1.82) is 0 Å². The fourth-order valence-electron chi connectivity index (χ4n) is 2.24. The zero-order valence-corrected chi connectivity index (χ0v) is 11.3. The maximum absolute atomic E-state index is 11.4. The molecule has 6 heteroatoms. The van der Waals surface area contributed by atoms with Crippen molar-refractivity contribution in [1.82, 2.24) is 9.97 Å². The van der Waals surface area contributed by atoms with Gasteiger partial charge in [0.1, 0.15) is 6.10 Å². The number of hydrogen-bond acceptors (Lipinski definition) is 6. The highest BCUT2D eigenvalue weighted by Gasteiger charge is 2.22. The van der Waals surface area contributed by atoms with Gasteiger partial charge in [0.15, 0.2) is 0 Å². The van der Waals surface area contributed by atoms with Crippen LogP contribution in [0.25, 0.3) is 0 Å². The van der Waals surface area contributed by atoms with Crippen LogP contribution < -0.4 is 10.5 Å². The molecule has 0 aromatic carbocycles. The Morgan fingerprint density at radius 2 is 2.21 bits per heavy atom. The maximum atomic E-state index is 11.4. The summed E-state index contributed by atoms with van der Waals surface area (Å²) in [5.74, 6) is -0.126. The van der Waals surface area contributed by atoms with Crippen molar-refractivity contribution in [3.8, 4) is 5.88 Å². The van der Waals surface area contributed by atoms with Crippen molar-refractivity contribution < 1.29 is 14.3 Å². The normalized spacial score (nSPS) is 22.9. The highest BCUT2D eigenvalue weighted by molar-refractivity contribution is 5.85. The second-order valence-electron chi connectivity index (χ2n) is 4.83.